The maximum absolute atomic E-state index is 11.5. The maximum Gasteiger partial charge on any atom is 0.410 e. The van der Waals surface area contributed by atoms with E-state index in [0.29, 0.717) is 19.0 Å². The number of cyclic esters (lactones) is 1. The van der Waals surface area contributed by atoms with Crippen LogP contribution in [0.1, 0.15) is 12.0 Å². The number of carbonyl (C=O) groups excluding carboxylic acids is 1. The van der Waals surface area contributed by atoms with Crippen LogP contribution in [-0.2, 0) is 11.2 Å². The maximum atomic E-state index is 11.5. The lowest BCUT2D eigenvalue weighted by Crippen LogP contribution is -2.36. The van der Waals surface area contributed by atoms with Crippen molar-refractivity contribution in [2.45, 2.75) is 18.9 Å². The number of rotatable bonds is 5. The quantitative estimate of drug-likeness (QED) is 0.755. The van der Waals surface area contributed by atoms with Gasteiger partial charge in [-0.05, 0) is 18.4 Å². The second kappa shape index (κ2) is 5.92. The molecular weight excluding hydrogens is 238 g/mol. The van der Waals surface area contributed by atoms with Gasteiger partial charge in [0.15, 0.2) is 0 Å². The Balaban J connectivity index is 1.97. The number of hydrogen-bond donors (Lipinski definition) is 0. The van der Waals surface area contributed by atoms with Crippen molar-refractivity contribution < 1.29 is 9.53 Å². The van der Waals surface area contributed by atoms with E-state index in [0.717, 1.165) is 12.8 Å². The summed E-state index contributed by atoms with van der Waals surface area (Å²) in [5.41, 5.74) is 1.23. The summed E-state index contributed by atoms with van der Waals surface area (Å²) in [6, 6.07) is 10.3. The van der Waals surface area contributed by atoms with Crippen molar-refractivity contribution in [3.05, 3.63) is 35.9 Å². The van der Waals surface area contributed by atoms with Crippen LogP contribution in [0.5, 0.6) is 0 Å². The molecule has 17 heavy (non-hydrogen) atoms. The molecule has 0 spiro atoms. The van der Waals surface area contributed by atoms with Gasteiger partial charge in [0.2, 0.25) is 0 Å². The third kappa shape index (κ3) is 3.13. The zero-order chi connectivity index (χ0) is 12.1. The summed E-state index contributed by atoms with van der Waals surface area (Å²) in [6.45, 7) is 1.16. The van der Waals surface area contributed by atoms with Crippen LogP contribution in [0.15, 0.2) is 30.3 Å². The molecule has 0 radical (unpaired) electrons. The first-order valence-corrected chi connectivity index (χ1v) is 6.38. The lowest BCUT2D eigenvalue weighted by Gasteiger charge is -2.20. The Morgan fingerprint density at radius 2 is 2.12 bits per heavy atom. The number of amides is 1. The van der Waals surface area contributed by atoms with Crippen LogP contribution in [0.4, 0.5) is 4.79 Å². The summed E-state index contributed by atoms with van der Waals surface area (Å²) in [7, 11) is 0. The van der Waals surface area contributed by atoms with Crippen LogP contribution >= 0.6 is 11.6 Å². The van der Waals surface area contributed by atoms with Gasteiger partial charge >= 0.3 is 6.09 Å². The Hall–Kier alpha value is -1.22. The molecule has 92 valence electrons. The van der Waals surface area contributed by atoms with Crippen LogP contribution in [0.25, 0.3) is 0 Å². The molecule has 0 saturated carbocycles. The van der Waals surface area contributed by atoms with E-state index in [2.05, 4.69) is 12.1 Å². The van der Waals surface area contributed by atoms with Crippen molar-refractivity contribution in [1.29, 1.82) is 0 Å². The van der Waals surface area contributed by atoms with E-state index in [-0.39, 0.29) is 12.1 Å². The fourth-order valence-electron chi connectivity index (χ4n) is 2.05. The average molecular weight is 254 g/mol. The highest BCUT2D eigenvalue weighted by Crippen LogP contribution is 2.17. The lowest BCUT2D eigenvalue weighted by atomic mass is 10.1. The minimum atomic E-state index is -0.212. The Morgan fingerprint density at radius 3 is 2.82 bits per heavy atom. The number of halogens is 1. The third-order valence-corrected chi connectivity index (χ3v) is 3.19. The van der Waals surface area contributed by atoms with Gasteiger partial charge in [-0.3, -0.25) is 0 Å². The van der Waals surface area contributed by atoms with Crippen molar-refractivity contribution in [3.8, 4) is 0 Å². The zero-order valence-electron chi connectivity index (χ0n) is 9.64. The monoisotopic (exact) mass is 253 g/mol. The number of carbonyl (C=O) groups is 1. The number of ether oxygens (including phenoxy) is 1. The molecule has 1 heterocycles. The van der Waals surface area contributed by atoms with Gasteiger partial charge in [0.25, 0.3) is 0 Å². The SMILES string of the molecule is O=C1OCC(Cc2ccccc2)N1CCCCl. The zero-order valence-corrected chi connectivity index (χ0v) is 10.4. The molecule has 1 aliphatic heterocycles. The van der Waals surface area contributed by atoms with E-state index in [1.54, 1.807) is 4.90 Å². The normalized spacial score (nSPS) is 19.5. The van der Waals surface area contributed by atoms with Gasteiger partial charge in [-0.2, -0.15) is 0 Å². The van der Waals surface area contributed by atoms with Crippen LogP contribution in [0.3, 0.4) is 0 Å². The van der Waals surface area contributed by atoms with Gasteiger partial charge < -0.3 is 9.64 Å². The molecule has 1 unspecified atom stereocenters. The molecule has 1 saturated heterocycles. The Morgan fingerprint density at radius 1 is 1.35 bits per heavy atom. The lowest BCUT2D eigenvalue weighted by molar-refractivity contribution is 0.158. The summed E-state index contributed by atoms with van der Waals surface area (Å²) in [5.74, 6) is 0.571. The highest BCUT2D eigenvalue weighted by Gasteiger charge is 2.32. The first kappa shape index (κ1) is 12.2. The van der Waals surface area contributed by atoms with Gasteiger partial charge in [0.1, 0.15) is 6.61 Å². The van der Waals surface area contributed by atoms with Crippen molar-refractivity contribution in [2.24, 2.45) is 0 Å². The van der Waals surface area contributed by atoms with E-state index >= 15 is 0 Å². The van der Waals surface area contributed by atoms with Crippen LogP contribution in [-0.4, -0.2) is 36.1 Å². The van der Waals surface area contributed by atoms with Gasteiger partial charge in [-0.15, -0.1) is 11.6 Å². The fraction of sp³-hybridized carbons (Fsp3) is 0.462. The molecule has 1 amide bonds. The molecule has 2 rings (SSSR count). The van der Waals surface area contributed by atoms with E-state index in [9.17, 15) is 4.79 Å². The Kier molecular flexibility index (Phi) is 4.26. The number of alkyl halides is 1. The minimum absolute atomic E-state index is 0.146. The summed E-state index contributed by atoms with van der Waals surface area (Å²) in [5, 5.41) is 0. The van der Waals surface area contributed by atoms with Crippen molar-refractivity contribution in [3.63, 3.8) is 0 Å². The Bertz CT molecular complexity index is 369. The summed E-state index contributed by atoms with van der Waals surface area (Å²) < 4.78 is 5.09. The predicted molar refractivity (Wildman–Crippen MR) is 67.3 cm³/mol. The second-order valence-corrected chi connectivity index (χ2v) is 4.53. The first-order valence-electron chi connectivity index (χ1n) is 5.84. The average Bonchev–Trinajstić information content (AvgIpc) is 2.69. The third-order valence-electron chi connectivity index (χ3n) is 2.92. The summed E-state index contributed by atoms with van der Waals surface area (Å²) in [6.07, 6.45) is 1.44. The smallest absolute Gasteiger partial charge is 0.410 e. The molecule has 3 nitrogen and oxygen atoms in total. The number of benzene rings is 1. The highest BCUT2D eigenvalue weighted by molar-refractivity contribution is 6.17. The molecule has 1 aromatic carbocycles. The molecular formula is C13H16ClNO2. The molecule has 0 N–H and O–H groups in total. The van der Waals surface area contributed by atoms with Gasteiger partial charge in [0.05, 0.1) is 6.04 Å². The minimum Gasteiger partial charge on any atom is -0.447 e. The molecule has 0 aliphatic carbocycles. The molecule has 0 aromatic heterocycles. The molecule has 1 atom stereocenters. The van der Waals surface area contributed by atoms with Crippen molar-refractivity contribution >= 4 is 17.7 Å². The molecule has 1 fully saturated rings. The highest BCUT2D eigenvalue weighted by atomic mass is 35.5. The fourth-order valence-corrected chi connectivity index (χ4v) is 2.17. The van der Waals surface area contributed by atoms with Crippen LogP contribution < -0.4 is 0 Å². The number of nitrogens with zero attached hydrogens (tertiary/aromatic N) is 1. The Labute approximate surface area is 106 Å². The first-order chi connectivity index (χ1) is 8.31. The van der Waals surface area contributed by atoms with Crippen molar-refractivity contribution in [2.75, 3.05) is 19.0 Å². The van der Waals surface area contributed by atoms with Gasteiger partial charge in [0, 0.05) is 12.4 Å². The molecule has 1 aliphatic rings. The van der Waals surface area contributed by atoms with Crippen LogP contribution in [0.2, 0.25) is 0 Å². The van der Waals surface area contributed by atoms with E-state index in [1.807, 2.05) is 18.2 Å². The molecule has 1 aromatic rings. The van der Waals surface area contributed by atoms with Crippen molar-refractivity contribution in [1.82, 2.24) is 4.90 Å². The van der Waals surface area contributed by atoms with E-state index < -0.39 is 0 Å². The summed E-state index contributed by atoms with van der Waals surface area (Å²) >= 11 is 5.66. The standard InChI is InChI=1S/C13H16ClNO2/c14-7-4-8-15-12(10-17-13(15)16)9-11-5-2-1-3-6-11/h1-3,5-6,12H,4,7-10H2. The van der Waals surface area contributed by atoms with E-state index in [1.165, 1.54) is 5.56 Å². The predicted octanol–water partition coefficient (Wildman–Crippen LogP) is 2.68. The summed E-state index contributed by atoms with van der Waals surface area (Å²) in [4.78, 5) is 13.3. The second-order valence-electron chi connectivity index (χ2n) is 4.16. The van der Waals surface area contributed by atoms with E-state index in [4.69, 9.17) is 16.3 Å². The molecule has 4 heteroatoms. The topological polar surface area (TPSA) is 29.5 Å². The number of hydrogen-bond acceptors (Lipinski definition) is 2. The van der Waals surface area contributed by atoms with Gasteiger partial charge in [-0.1, -0.05) is 30.3 Å². The largest absolute Gasteiger partial charge is 0.447 e. The van der Waals surface area contributed by atoms with Gasteiger partial charge in [-0.25, -0.2) is 4.79 Å². The molecule has 0 bridgehead atoms. The van der Waals surface area contributed by atoms with Crippen LogP contribution in [0, 0.1) is 0 Å².